The summed E-state index contributed by atoms with van der Waals surface area (Å²) >= 11 is 0. The second kappa shape index (κ2) is 12.0. The number of fused-ring (bicyclic) bond motifs is 1. The summed E-state index contributed by atoms with van der Waals surface area (Å²) in [6.45, 7) is 4.54. The van der Waals surface area contributed by atoms with Gasteiger partial charge in [-0.2, -0.15) is 4.31 Å². The Kier molecular flexibility index (Phi) is 9.27. The number of likely N-dealkylation sites (N-methyl/N-ethyl adjacent to an activating group) is 1. The number of nitrogens with zero attached hydrogens (tertiary/aromatic N) is 2. The predicted octanol–water partition coefficient (Wildman–Crippen LogP) is 2.72. The minimum absolute atomic E-state index is 0.0312. The van der Waals surface area contributed by atoms with Gasteiger partial charge in [0, 0.05) is 49.8 Å². The summed E-state index contributed by atoms with van der Waals surface area (Å²) in [6, 6.07) is 10.8. The van der Waals surface area contributed by atoms with E-state index in [1.165, 1.54) is 16.4 Å². The first-order chi connectivity index (χ1) is 16.7. The average Bonchev–Trinajstić information content (AvgIpc) is 2.82. The van der Waals surface area contributed by atoms with Gasteiger partial charge in [-0.25, -0.2) is 12.8 Å². The van der Waals surface area contributed by atoms with Crippen molar-refractivity contribution in [3.63, 3.8) is 0 Å². The van der Waals surface area contributed by atoms with E-state index in [-0.39, 0.29) is 42.1 Å². The topological polar surface area (TPSA) is 79.3 Å². The van der Waals surface area contributed by atoms with E-state index in [4.69, 9.17) is 9.47 Å². The Balaban J connectivity index is 1.97. The first-order valence-corrected chi connectivity index (χ1v) is 12.9. The van der Waals surface area contributed by atoms with Crippen molar-refractivity contribution in [1.82, 2.24) is 9.21 Å². The van der Waals surface area contributed by atoms with Crippen LogP contribution in [0, 0.1) is 23.6 Å². The van der Waals surface area contributed by atoms with Gasteiger partial charge in [-0.1, -0.05) is 37.0 Å². The first kappa shape index (κ1) is 27.1. The minimum atomic E-state index is -3.92. The lowest BCUT2D eigenvalue weighted by atomic mass is 10.0. The van der Waals surface area contributed by atoms with Crippen LogP contribution in [-0.4, -0.2) is 75.3 Å². The van der Waals surface area contributed by atoms with E-state index < -0.39 is 22.2 Å². The van der Waals surface area contributed by atoms with Crippen LogP contribution >= 0.6 is 0 Å². The summed E-state index contributed by atoms with van der Waals surface area (Å²) in [5.41, 5.74) is 1.17. The summed E-state index contributed by atoms with van der Waals surface area (Å²) < 4.78 is 53.9. The van der Waals surface area contributed by atoms with E-state index in [2.05, 4.69) is 11.8 Å². The van der Waals surface area contributed by atoms with Gasteiger partial charge in [0.25, 0.3) is 0 Å². The van der Waals surface area contributed by atoms with Crippen LogP contribution in [0.5, 0.6) is 5.75 Å². The Bertz CT molecular complexity index is 1180. The molecular weight excluding hydrogens is 471 g/mol. The average molecular weight is 505 g/mol. The molecule has 0 aromatic heterocycles. The molecule has 2 aromatic rings. The van der Waals surface area contributed by atoms with Crippen molar-refractivity contribution in [2.45, 2.75) is 37.4 Å². The normalized spacial score (nSPS) is 20.7. The van der Waals surface area contributed by atoms with Crippen molar-refractivity contribution in [1.29, 1.82) is 0 Å². The highest BCUT2D eigenvalue weighted by Gasteiger charge is 2.38. The van der Waals surface area contributed by atoms with Crippen molar-refractivity contribution < 1.29 is 27.4 Å². The summed E-state index contributed by atoms with van der Waals surface area (Å²) in [5.74, 6) is 5.54. The van der Waals surface area contributed by atoms with E-state index in [1.807, 2.05) is 18.9 Å². The zero-order valence-corrected chi connectivity index (χ0v) is 21.4. The molecule has 9 heteroatoms. The maximum Gasteiger partial charge on any atom is 0.247 e. The molecule has 0 fully saturated rings. The minimum Gasteiger partial charge on any atom is -0.487 e. The van der Waals surface area contributed by atoms with Gasteiger partial charge in [-0.05, 0) is 38.2 Å². The summed E-state index contributed by atoms with van der Waals surface area (Å²) in [5, 5.41) is 9.77. The lowest BCUT2D eigenvalue weighted by Gasteiger charge is -2.37. The monoisotopic (exact) mass is 504 g/mol. The fraction of sp³-hybridized carbons (Fsp3) is 0.462. The number of benzene rings is 2. The molecule has 3 rings (SSSR count). The number of sulfonamides is 1. The van der Waals surface area contributed by atoms with E-state index in [0.717, 1.165) is 0 Å². The zero-order chi connectivity index (χ0) is 25.6. The summed E-state index contributed by atoms with van der Waals surface area (Å²) in [7, 11) is -0.501. The molecule has 0 radical (unpaired) electrons. The molecule has 7 nitrogen and oxygen atoms in total. The molecule has 0 unspecified atom stereocenters. The van der Waals surface area contributed by atoms with Crippen molar-refractivity contribution in [2.75, 3.05) is 40.5 Å². The number of aliphatic hydroxyl groups excluding tert-OH is 1. The predicted molar refractivity (Wildman–Crippen MR) is 132 cm³/mol. The standard InChI is InChI=1S/C26H33FN2O5S/c1-19-15-29(20(2)18-30)35(31,32)26-12-11-21(8-7-13-33-4)14-24(26)34-25(19)17-28(3)16-22-9-5-6-10-23(22)27/h5-6,9-12,14,19-20,25,30H,13,15-18H2,1-4H3/t19-,20+,25+/m0/s1. The fourth-order valence-electron chi connectivity index (χ4n) is 4.02. The summed E-state index contributed by atoms with van der Waals surface area (Å²) in [6.07, 6.45) is -0.392. The maximum absolute atomic E-state index is 14.2. The van der Waals surface area contributed by atoms with Crippen molar-refractivity contribution in [3.05, 3.63) is 59.4 Å². The number of rotatable bonds is 7. The van der Waals surface area contributed by atoms with Crippen LogP contribution in [0.15, 0.2) is 47.4 Å². The number of hydrogen-bond acceptors (Lipinski definition) is 6. The third kappa shape index (κ3) is 6.60. The second-order valence-electron chi connectivity index (χ2n) is 8.92. The second-order valence-corrected chi connectivity index (χ2v) is 10.8. The van der Waals surface area contributed by atoms with Gasteiger partial charge in [-0.3, -0.25) is 4.90 Å². The fourth-order valence-corrected chi connectivity index (χ4v) is 5.85. The van der Waals surface area contributed by atoms with Gasteiger partial charge in [0.2, 0.25) is 10.0 Å². The molecule has 0 spiro atoms. The lowest BCUT2D eigenvalue weighted by molar-refractivity contribution is 0.0731. The van der Waals surface area contributed by atoms with E-state index in [0.29, 0.717) is 24.2 Å². The Labute approximate surface area is 207 Å². The SMILES string of the molecule is COCC#Cc1ccc2c(c1)O[C@H](CN(C)Cc1ccccc1F)[C@@H](C)CN([C@H](C)CO)S2(=O)=O. The van der Waals surface area contributed by atoms with Gasteiger partial charge < -0.3 is 14.6 Å². The number of ether oxygens (including phenoxy) is 2. The first-order valence-electron chi connectivity index (χ1n) is 11.5. The van der Waals surface area contributed by atoms with Crippen LogP contribution in [0.1, 0.15) is 25.0 Å². The molecule has 0 saturated heterocycles. The van der Waals surface area contributed by atoms with E-state index in [1.54, 1.807) is 44.4 Å². The van der Waals surface area contributed by atoms with Gasteiger partial charge >= 0.3 is 0 Å². The van der Waals surface area contributed by atoms with Gasteiger partial charge in [0.05, 0.1) is 6.61 Å². The largest absolute Gasteiger partial charge is 0.487 e. The van der Waals surface area contributed by atoms with Crippen LogP contribution in [-0.2, 0) is 21.3 Å². The maximum atomic E-state index is 14.2. The van der Waals surface area contributed by atoms with Crippen molar-refractivity contribution in [2.24, 2.45) is 5.92 Å². The third-order valence-corrected chi connectivity index (χ3v) is 8.03. The molecule has 0 amide bonds. The molecule has 3 atom stereocenters. The molecule has 0 saturated carbocycles. The van der Waals surface area contributed by atoms with Crippen LogP contribution < -0.4 is 4.74 Å². The highest BCUT2D eigenvalue weighted by Crippen LogP contribution is 2.34. The molecule has 1 heterocycles. The van der Waals surface area contributed by atoms with Crippen LogP contribution in [0.25, 0.3) is 0 Å². The van der Waals surface area contributed by atoms with Crippen LogP contribution in [0.2, 0.25) is 0 Å². The van der Waals surface area contributed by atoms with Crippen LogP contribution in [0.3, 0.4) is 0 Å². The Morgan fingerprint density at radius 2 is 2.06 bits per heavy atom. The Morgan fingerprint density at radius 3 is 2.74 bits per heavy atom. The van der Waals surface area contributed by atoms with Gasteiger partial charge in [-0.15, -0.1) is 0 Å². The quantitative estimate of drug-likeness (QED) is 0.585. The molecule has 0 aliphatic carbocycles. The summed E-state index contributed by atoms with van der Waals surface area (Å²) in [4.78, 5) is 1.99. The van der Waals surface area contributed by atoms with Crippen LogP contribution in [0.4, 0.5) is 4.39 Å². The number of aliphatic hydroxyl groups is 1. The zero-order valence-electron chi connectivity index (χ0n) is 20.6. The number of halogens is 1. The lowest BCUT2D eigenvalue weighted by Crippen LogP contribution is -2.49. The third-order valence-electron chi connectivity index (χ3n) is 6.01. The molecule has 190 valence electrons. The molecule has 2 aromatic carbocycles. The molecule has 1 aliphatic heterocycles. The van der Waals surface area contributed by atoms with Crippen molar-refractivity contribution in [3.8, 4) is 17.6 Å². The Morgan fingerprint density at radius 1 is 1.31 bits per heavy atom. The molecule has 0 bridgehead atoms. The smallest absolute Gasteiger partial charge is 0.247 e. The van der Waals surface area contributed by atoms with E-state index in [9.17, 15) is 17.9 Å². The highest BCUT2D eigenvalue weighted by molar-refractivity contribution is 7.89. The van der Waals surface area contributed by atoms with Gasteiger partial charge in [0.15, 0.2) is 0 Å². The van der Waals surface area contributed by atoms with Gasteiger partial charge in [0.1, 0.15) is 29.2 Å². The molecule has 1 aliphatic rings. The Hall–Kier alpha value is -2.48. The van der Waals surface area contributed by atoms with Crippen molar-refractivity contribution >= 4 is 10.0 Å². The molecule has 35 heavy (non-hydrogen) atoms. The number of hydrogen-bond donors (Lipinski definition) is 1. The number of methoxy groups -OCH3 is 1. The molecule has 1 N–H and O–H groups in total. The highest BCUT2D eigenvalue weighted by atomic mass is 32.2. The molecular formula is C26H33FN2O5S. The van der Waals surface area contributed by atoms with E-state index >= 15 is 0 Å².